The normalized spacial score (nSPS) is 10.3. The van der Waals surface area contributed by atoms with Gasteiger partial charge in [0.05, 0.1) is 0 Å². The molecule has 0 saturated carbocycles. The van der Waals surface area contributed by atoms with Gasteiger partial charge in [-0.15, -0.1) is 0 Å². The van der Waals surface area contributed by atoms with Crippen LogP contribution in [0.3, 0.4) is 0 Å². The molecule has 0 aliphatic heterocycles. The second kappa shape index (κ2) is 6.16. The molecule has 1 aromatic heterocycles. The van der Waals surface area contributed by atoms with E-state index < -0.39 is 5.91 Å². The van der Waals surface area contributed by atoms with Gasteiger partial charge in [0.25, 0.3) is 5.91 Å². The molecule has 5 nitrogen and oxygen atoms in total. The van der Waals surface area contributed by atoms with Crippen LogP contribution in [0.5, 0.6) is 11.6 Å². The molecule has 0 fully saturated rings. The largest absolute Gasteiger partial charge is 0.438 e. The second-order valence-corrected chi connectivity index (χ2v) is 4.45. The smallest absolute Gasteiger partial charge is 0.254 e. The Kier molecular flexibility index (Phi) is 4.32. The van der Waals surface area contributed by atoms with E-state index in [-0.39, 0.29) is 5.88 Å². The summed E-state index contributed by atoms with van der Waals surface area (Å²) >= 11 is 0. The minimum Gasteiger partial charge on any atom is -0.438 e. The summed E-state index contributed by atoms with van der Waals surface area (Å²) in [6, 6.07) is 9.31. The van der Waals surface area contributed by atoms with E-state index in [9.17, 15) is 4.79 Å². The van der Waals surface area contributed by atoms with Crippen molar-refractivity contribution in [3.05, 3.63) is 53.2 Å². The maximum Gasteiger partial charge on any atom is 0.254 e. The number of rotatable bonds is 5. The van der Waals surface area contributed by atoms with Gasteiger partial charge in [0, 0.05) is 12.7 Å². The van der Waals surface area contributed by atoms with Crippen LogP contribution in [0.4, 0.5) is 0 Å². The third-order valence-corrected chi connectivity index (χ3v) is 2.86. The van der Waals surface area contributed by atoms with Crippen LogP contribution in [0.15, 0.2) is 36.5 Å². The molecule has 0 aliphatic rings. The van der Waals surface area contributed by atoms with Crippen LogP contribution >= 0.6 is 0 Å². The number of benzene rings is 1. The second-order valence-electron chi connectivity index (χ2n) is 4.45. The Bertz CT molecular complexity index is 626. The molecule has 2 rings (SSSR count). The number of aryl methyl sites for hydroxylation is 1. The van der Waals surface area contributed by atoms with E-state index in [1.807, 2.05) is 31.3 Å². The van der Waals surface area contributed by atoms with Gasteiger partial charge in [0.15, 0.2) is 0 Å². The molecule has 0 spiro atoms. The molecular formula is C15H17N3O2. The van der Waals surface area contributed by atoms with E-state index in [0.29, 0.717) is 11.3 Å². The molecule has 1 amide bonds. The highest BCUT2D eigenvalue weighted by Crippen LogP contribution is 2.25. The van der Waals surface area contributed by atoms with Crippen LogP contribution in [0.2, 0.25) is 0 Å². The summed E-state index contributed by atoms with van der Waals surface area (Å²) in [4.78, 5) is 15.6. The Labute approximate surface area is 117 Å². The lowest BCUT2D eigenvalue weighted by Gasteiger charge is -2.10. The summed E-state index contributed by atoms with van der Waals surface area (Å²) < 4.78 is 5.70. The molecule has 0 atom stereocenters. The van der Waals surface area contributed by atoms with Crippen molar-refractivity contribution in [1.82, 2.24) is 10.3 Å². The van der Waals surface area contributed by atoms with Gasteiger partial charge < -0.3 is 15.8 Å². The van der Waals surface area contributed by atoms with Crippen LogP contribution in [0.1, 0.15) is 21.5 Å². The van der Waals surface area contributed by atoms with E-state index in [2.05, 4.69) is 10.3 Å². The standard InChI is InChI=1S/C15H17N3O2/c1-10-6-7-18-15(13(10)14(16)19)20-12-5-3-4-11(8-12)9-17-2/h3-8,17H,9H2,1-2H3,(H2,16,19). The Morgan fingerprint density at radius 1 is 1.40 bits per heavy atom. The lowest BCUT2D eigenvalue weighted by atomic mass is 10.1. The Morgan fingerprint density at radius 2 is 2.20 bits per heavy atom. The van der Waals surface area contributed by atoms with Crippen LogP contribution in [-0.4, -0.2) is 17.9 Å². The number of primary amides is 1. The molecule has 104 valence electrons. The fourth-order valence-electron chi connectivity index (χ4n) is 1.95. The number of hydrogen-bond acceptors (Lipinski definition) is 4. The molecule has 0 aliphatic carbocycles. The zero-order chi connectivity index (χ0) is 14.5. The number of hydrogen-bond donors (Lipinski definition) is 2. The summed E-state index contributed by atoms with van der Waals surface area (Å²) in [5, 5.41) is 3.07. The summed E-state index contributed by atoms with van der Waals surface area (Å²) in [7, 11) is 1.88. The van der Waals surface area contributed by atoms with E-state index in [4.69, 9.17) is 10.5 Å². The van der Waals surface area contributed by atoms with E-state index in [0.717, 1.165) is 17.7 Å². The first-order chi connectivity index (χ1) is 9.61. The molecular weight excluding hydrogens is 254 g/mol. The van der Waals surface area contributed by atoms with Gasteiger partial charge in [-0.3, -0.25) is 4.79 Å². The van der Waals surface area contributed by atoms with Crippen LogP contribution in [-0.2, 0) is 6.54 Å². The van der Waals surface area contributed by atoms with Crippen molar-refractivity contribution in [2.24, 2.45) is 5.73 Å². The summed E-state index contributed by atoms with van der Waals surface area (Å²) in [5.41, 5.74) is 7.52. The predicted octanol–water partition coefficient (Wildman–Crippen LogP) is 2.00. The average Bonchev–Trinajstić information content (AvgIpc) is 2.39. The van der Waals surface area contributed by atoms with Crippen LogP contribution in [0, 0.1) is 6.92 Å². The molecule has 1 heterocycles. The maximum absolute atomic E-state index is 11.5. The highest BCUT2D eigenvalue weighted by Gasteiger charge is 2.14. The number of carbonyl (C=O) groups excluding carboxylic acids is 1. The Hall–Kier alpha value is -2.40. The minimum absolute atomic E-state index is 0.235. The number of nitrogens with one attached hydrogen (secondary N) is 1. The van der Waals surface area contributed by atoms with Gasteiger partial charge in [-0.1, -0.05) is 12.1 Å². The van der Waals surface area contributed by atoms with Crippen molar-refractivity contribution in [3.63, 3.8) is 0 Å². The quantitative estimate of drug-likeness (QED) is 0.872. The Morgan fingerprint density at radius 3 is 2.90 bits per heavy atom. The molecule has 0 unspecified atom stereocenters. The number of pyridine rings is 1. The highest BCUT2D eigenvalue weighted by atomic mass is 16.5. The molecule has 2 aromatic rings. The van der Waals surface area contributed by atoms with Crippen LogP contribution < -0.4 is 15.8 Å². The van der Waals surface area contributed by atoms with Crippen molar-refractivity contribution in [2.75, 3.05) is 7.05 Å². The van der Waals surface area contributed by atoms with Crippen molar-refractivity contribution in [3.8, 4) is 11.6 Å². The average molecular weight is 271 g/mol. The number of carbonyl (C=O) groups is 1. The molecule has 0 bridgehead atoms. The number of ether oxygens (including phenoxy) is 1. The maximum atomic E-state index is 11.5. The van der Waals surface area contributed by atoms with Gasteiger partial charge in [-0.2, -0.15) is 0 Å². The predicted molar refractivity (Wildman–Crippen MR) is 76.8 cm³/mol. The molecule has 5 heteroatoms. The van der Waals surface area contributed by atoms with Gasteiger partial charge in [0.2, 0.25) is 5.88 Å². The lowest BCUT2D eigenvalue weighted by Crippen LogP contribution is -2.14. The first-order valence-electron chi connectivity index (χ1n) is 6.28. The van der Waals surface area contributed by atoms with E-state index in [1.165, 1.54) is 0 Å². The van der Waals surface area contributed by atoms with Crippen molar-refractivity contribution in [2.45, 2.75) is 13.5 Å². The monoisotopic (exact) mass is 271 g/mol. The fraction of sp³-hybridized carbons (Fsp3) is 0.200. The zero-order valence-corrected chi connectivity index (χ0v) is 11.5. The number of nitrogens with zero attached hydrogens (tertiary/aromatic N) is 1. The van der Waals surface area contributed by atoms with Gasteiger partial charge in [0.1, 0.15) is 11.3 Å². The molecule has 20 heavy (non-hydrogen) atoms. The van der Waals surface area contributed by atoms with Gasteiger partial charge in [-0.05, 0) is 43.3 Å². The first-order valence-corrected chi connectivity index (χ1v) is 6.28. The lowest BCUT2D eigenvalue weighted by molar-refractivity contribution is 0.0997. The van der Waals surface area contributed by atoms with E-state index >= 15 is 0 Å². The number of nitrogens with two attached hydrogens (primary N) is 1. The summed E-state index contributed by atoms with van der Waals surface area (Å²) in [6.45, 7) is 2.53. The van der Waals surface area contributed by atoms with Crippen molar-refractivity contribution >= 4 is 5.91 Å². The molecule has 0 radical (unpaired) electrons. The van der Waals surface area contributed by atoms with Crippen molar-refractivity contribution < 1.29 is 9.53 Å². The van der Waals surface area contributed by atoms with Crippen LogP contribution in [0.25, 0.3) is 0 Å². The van der Waals surface area contributed by atoms with Crippen molar-refractivity contribution in [1.29, 1.82) is 0 Å². The molecule has 1 aromatic carbocycles. The first kappa shape index (κ1) is 14.0. The van der Waals surface area contributed by atoms with Gasteiger partial charge in [-0.25, -0.2) is 4.98 Å². The molecule has 0 saturated heterocycles. The SMILES string of the molecule is CNCc1cccc(Oc2nccc(C)c2C(N)=O)c1. The topological polar surface area (TPSA) is 77.2 Å². The Balaban J connectivity index is 2.32. The summed E-state index contributed by atoms with van der Waals surface area (Å²) in [5.74, 6) is 0.314. The minimum atomic E-state index is -0.544. The summed E-state index contributed by atoms with van der Waals surface area (Å²) in [6.07, 6.45) is 1.59. The fourth-order valence-corrected chi connectivity index (χ4v) is 1.95. The van der Waals surface area contributed by atoms with Gasteiger partial charge >= 0.3 is 0 Å². The highest BCUT2D eigenvalue weighted by molar-refractivity contribution is 5.96. The zero-order valence-electron chi connectivity index (χ0n) is 11.5. The third kappa shape index (κ3) is 3.13. The molecule has 3 N–H and O–H groups in total. The number of amides is 1. The third-order valence-electron chi connectivity index (χ3n) is 2.86. The number of aromatic nitrogens is 1. The van der Waals surface area contributed by atoms with E-state index in [1.54, 1.807) is 19.2 Å².